The van der Waals surface area contributed by atoms with Crippen LogP contribution >= 0.6 is 23.8 Å². The molecule has 1 aromatic heterocycles. The van der Waals surface area contributed by atoms with E-state index in [0.717, 1.165) is 22.8 Å². The van der Waals surface area contributed by atoms with Gasteiger partial charge in [0.05, 0.1) is 7.11 Å². The topological polar surface area (TPSA) is 51.1 Å². The fourth-order valence-corrected chi connectivity index (χ4v) is 2.97. The van der Waals surface area contributed by atoms with Crippen LogP contribution in [-0.4, -0.2) is 21.8 Å². The number of benzene rings is 2. The molecule has 3 aromatic rings. The number of aryl methyl sites for hydroxylation is 1. The number of aromatic nitrogens is 2. The summed E-state index contributed by atoms with van der Waals surface area (Å²) in [5.74, 6) is 1.61. The van der Waals surface area contributed by atoms with Crippen molar-refractivity contribution in [2.75, 3.05) is 12.4 Å². The number of rotatable bonds is 5. The highest BCUT2D eigenvalue weighted by atomic mass is 35.5. The van der Waals surface area contributed by atoms with Gasteiger partial charge in [0.25, 0.3) is 0 Å². The average Bonchev–Trinajstić information content (AvgIpc) is 3.06. The normalized spacial score (nSPS) is 11.7. The molecule has 0 saturated carbocycles. The molecule has 0 radical (unpaired) electrons. The summed E-state index contributed by atoms with van der Waals surface area (Å²) in [4.78, 5) is 4.46. The summed E-state index contributed by atoms with van der Waals surface area (Å²) in [5.41, 5.74) is 1.86. The maximum absolute atomic E-state index is 6.02. The van der Waals surface area contributed by atoms with Crippen molar-refractivity contribution in [1.29, 1.82) is 0 Å². The number of halogens is 1. The Balaban J connectivity index is 1.82. The van der Waals surface area contributed by atoms with Gasteiger partial charge in [-0.05, 0) is 42.0 Å². The molecule has 2 aromatic carbocycles. The third kappa shape index (κ3) is 4.33. The summed E-state index contributed by atoms with van der Waals surface area (Å²) in [6.45, 7) is 0. The molecule has 0 bridgehead atoms. The number of hydrogen-bond donors (Lipinski definition) is 2. The molecule has 0 aliphatic carbocycles. The molecular weight excluding hydrogens is 368 g/mol. The van der Waals surface area contributed by atoms with Gasteiger partial charge in [-0.2, -0.15) is 0 Å². The summed E-state index contributed by atoms with van der Waals surface area (Å²) in [6, 6.07) is 15.0. The smallest absolute Gasteiger partial charge is 0.171 e. The molecule has 0 fully saturated rings. The van der Waals surface area contributed by atoms with Crippen LogP contribution in [-0.2, 0) is 7.05 Å². The van der Waals surface area contributed by atoms with Crippen molar-refractivity contribution in [3.63, 3.8) is 0 Å². The van der Waals surface area contributed by atoms with Gasteiger partial charge in [0.1, 0.15) is 17.6 Å². The Morgan fingerprint density at radius 1 is 1.23 bits per heavy atom. The van der Waals surface area contributed by atoms with Crippen LogP contribution < -0.4 is 15.4 Å². The van der Waals surface area contributed by atoms with Crippen LogP contribution in [0.3, 0.4) is 0 Å². The highest BCUT2D eigenvalue weighted by molar-refractivity contribution is 7.80. The van der Waals surface area contributed by atoms with Crippen LogP contribution in [0.1, 0.15) is 17.4 Å². The maximum atomic E-state index is 6.02. The van der Waals surface area contributed by atoms with E-state index < -0.39 is 0 Å². The van der Waals surface area contributed by atoms with E-state index in [4.69, 9.17) is 28.6 Å². The number of thiocarbonyl (C=S) groups is 1. The lowest BCUT2D eigenvalue weighted by Gasteiger charge is -2.21. The summed E-state index contributed by atoms with van der Waals surface area (Å²) in [5, 5.41) is 7.69. The molecule has 0 amide bonds. The Morgan fingerprint density at radius 3 is 2.65 bits per heavy atom. The number of anilines is 1. The number of nitrogens with one attached hydrogen (secondary N) is 2. The molecule has 26 heavy (non-hydrogen) atoms. The van der Waals surface area contributed by atoms with Gasteiger partial charge in [-0.15, -0.1) is 0 Å². The van der Waals surface area contributed by atoms with Gasteiger partial charge >= 0.3 is 0 Å². The first kappa shape index (κ1) is 18.2. The van der Waals surface area contributed by atoms with E-state index in [2.05, 4.69) is 15.6 Å². The first-order valence-electron chi connectivity index (χ1n) is 8.01. The SMILES string of the molecule is COc1cccc(NC(=S)N[C@@H](c2ccc(Cl)cc2)c2nccn2C)c1. The molecule has 7 heteroatoms. The van der Waals surface area contributed by atoms with E-state index in [9.17, 15) is 0 Å². The lowest BCUT2D eigenvalue weighted by Crippen LogP contribution is -2.34. The molecule has 1 heterocycles. The second-order valence-electron chi connectivity index (χ2n) is 5.71. The van der Waals surface area contributed by atoms with Gasteiger partial charge < -0.3 is 19.9 Å². The van der Waals surface area contributed by atoms with Crippen molar-refractivity contribution >= 4 is 34.6 Å². The second kappa shape index (κ2) is 8.21. The van der Waals surface area contributed by atoms with E-state index in [1.165, 1.54) is 0 Å². The van der Waals surface area contributed by atoms with Gasteiger partial charge in [-0.25, -0.2) is 4.98 Å². The first-order chi connectivity index (χ1) is 12.6. The van der Waals surface area contributed by atoms with Crippen LogP contribution in [0.4, 0.5) is 5.69 Å². The van der Waals surface area contributed by atoms with E-state index in [-0.39, 0.29) is 6.04 Å². The van der Waals surface area contributed by atoms with Crippen LogP contribution in [0, 0.1) is 0 Å². The number of ether oxygens (including phenoxy) is 1. The summed E-state index contributed by atoms with van der Waals surface area (Å²) in [6.07, 6.45) is 3.66. The minimum absolute atomic E-state index is 0.210. The molecule has 0 spiro atoms. The molecule has 0 aliphatic heterocycles. The van der Waals surface area contributed by atoms with Gasteiger partial charge in [-0.1, -0.05) is 29.8 Å². The number of imidazole rings is 1. The standard InChI is InChI=1S/C19H19ClN4OS/c1-24-11-10-21-18(24)17(13-6-8-14(20)9-7-13)23-19(26)22-15-4-3-5-16(12-15)25-2/h3-12,17H,1-2H3,(H2,22,23,26)/t17-/m0/s1. The quantitative estimate of drug-likeness (QED) is 0.645. The van der Waals surface area contributed by atoms with E-state index in [1.54, 1.807) is 13.3 Å². The average molecular weight is 387 g/mol. The van der Waals surface area contributed by atoms with Crippen molar-refractivity contribution in [3.05, 3.63) is 77.3 Å². The second-order valence-corrected chi connectivity index (χ2v) is 6.56. The minimum Gasteiger partial charge on any atom is -0.497 e. The Morgan fingerprint density at radius 2 is 2.00 bits per heavy atom. The third-order valence-electron chi connectivity index (χ3n) is 3.92. The van der Waals surface area contributed by atoms with Crippen LogP contribution in [0.5, 0.6) is 5.75 Å². The van der Waals surface area contributed by atoms with Crippen molar-refractivity contribution in [3.8, 4) is 5.75 Å². The zero-order chi connectivity index (χ0) is 18.5. The minimum atomic E-state index is -0.210. The van der Waals surface area contributed by atoms with Crippen molar-refractivity contribution in [2.24, 2.45) is 7.05 Å². The van der Waals surface area contributed by atoms with E-state index >= 15 is 0 Å². The van der Waals surface area contributed by atoms with E-state index in [1.807, 2.05) is 66.3 Å². The third-order valence-corrected chi connectivity index (χ3v) is 4.39. The van der Waals surface area contributed by atoms with Crippen molar-refractivity contribution in [1.82, 2.24) is 14.9 Å². The lowest BCUT2D eigenvalue weighted by molar-refractivity contribution is 0.415. The molecule has 5 nitrogen and oxygen atoms in total. The Bertz CT molecular complexity index is 895. The van der Waals surface area contributed by atoms with Crippen molar-refractivity contribution < 1.29 is 4.74 Å². The van der Waals surface area contributed by atoms with Gasteiger partial charge in [-0.3, -0.25) is 0 Å². The molecule has 1 atom stereocenters. The fraction of sp³-hybridized carbons (Fsp3) is 0.158. The summed E-state index contributed by atoms with van der Waals surface area (Å²) < 4.78 is 7.20. The lowest BCUT2D eigenvalue weighted by atomic mass is 10.1. The van der Waals surface area contributed by atoms with Crippen LogP contribution in [0.15, 0.2) is 60.9 Å². The van der Waals surface area contributed by atoms with Gasteiger partial charge in [0.2, 0.25) is 0 Å². The molecular formula is C19H19ClN4OS. The van der Waals surface area contributed by atoms with Crippen LogP contribution in [0.2, 0.25) is 5.02 Å². The largest absolute Gasteiger partial charge is 0.497 e. The number of nitrogens with zero attached hydrogens (tertiary/aromatic N) is 2. The summed E-state index contributed by atoms with van der Waals surface area (Å²) >= 11 is 11.5. The summed E-state index contributed by atoms with van der Waals surface area (Å²) in [7, 11) is 3.58. The van der Waals surface area contributed by atoms with Crippen molar-refractivity contribution in [2.45, 2.75) is 6.04 Å². The zero-order valence-corrected chi connectivity index (χ0v) is 16.0. The molecule has 134 valence electrons. The molecule has 3 rings (SSSR count). The van der Waals surface area contributed by atoms with E-state index in [0.29, 0.717) is 10.1 Å². The monoisotopic (exact) mass is 386 g/mol. The Kier molecular flexibility index (Phi) is 5.75. The highest BCUT2D eigenvalue weighted by Crippen LogP contribution is 2.23. The number of methoxy groups -OCH3 is 1. The van der Waals surface area contributed by atoms with Crippen LogP contribution in [0.25, 0.3) is 0 Å². The predicted octanol–water partition coefficient (Wildman–Crippen LogP) is 4.16. The van der Waals surface area contributed by atoms with Gasteiger partial charge in [0.15, 0.2) is 5.11 Å². The zero-order valence-electron chi connectivity index (χ0n) is 14.4. The fourth-order valence-electron chi connectivity index (χ4n) is 2.61. The highest BCUT2D eigenvalue weighted by Gasteiger charge is 2.19. The molecule has 0 unspecified atom stereocenters. The number of hydrogen-bond acceptors (Lipinski definition) is 3. The predicted molar refractivity (Wildman–Crippen MR) is 109 cm³/mol. The first-order valence-corrected chi connectivity index (χ1v) is 8.79. The Labute approximate surface area is 163 Å². The Hall–Kier alpha value is -2.57. The van der Waals surface area contributed by atoms with Gasteiger partial charge in [0, 0.05) is 36.2 Å². The molecule has 0 aliphatic rings. The molecule has 0 saturated heterocycles. The maximum Gasteiger partial charge on any atom is 0.171 e. The molecule has 2 N–H and O–H groups in total.